The van der Waals surface area contributed by atoms with Crippen molar-refractivity contribution in [2.45, 2.75) is 45.5 Å². The second kappa shape index (κ2) is 4.80. The van der Waals surface area contributed by atoms with E-state index in [1.165, 1.54) is 5.56 Å². The summed E-state index contributed by atoms with van der Waals surface area (Å²) in [7, 11) is 0. The van der Waals surface area contributed by atoms with Gasteiger partial charge in [0.1, 0.15) is 5.75 Å². The van der Waals surface area contributed by atoms with Crippen molar-refractivity contribution in [2.75, 3.05) is 6.61 Å². The zero-order valence-corrected chi connectivity index (χ0v) is 11.8. The van der Waals surface area contributed by atoms with E-state index in [0.717, 1.165) is 24.3 Å². The lowest BCUT2D eigenvalue weighted by Crippen LogP contribution is -2.25. The van der Waals surface area contributed by atoms with Crippen LogP contribution in [0.1, 0.15) is 38.0 Å². The van der Waals surface area contributed by atoms with E-state index in [4.69, 9.17) is 9.47 Å². The Bertz CT molecular complexity index is 471. The first-order chi connectivity index (χ1) is 9.08. The molecule has 0 spiro atoms. The van der Waals surface area contributed by atoms with E-state index in [0.29, 0.717) is 5.92 Å². The fourth-order valence-electron chi connectivity index (χ4n) is 3.45. The summed E-state index contributed by atoms with van der Waals surface area (Å²) >= 11 is 0. The van der Waals surface area contributed by atoms with Crippen LogP contribution in [0.3, 0.4) is 0 Å². The number of ether oxygens (including phenoxy) is 2. The zero-order valence-electron chi connectivity index (χ0n) is 11.8. The molecule has 0 radical (unpaired) electrons. The molecule has 1 aromatic carbocycles. The number of hydrogen-bond acceptors (Lipinski definition) is 3. The first kappa shape index (κ1) is 12.9. The molecule has 5 unspecified atom stereocenters. The predicted molar refractivity (Wildman–Crippen MR) is 73.3 cm³/mol. The summed E-state index contributed by atoms with van der Waals surface area (Å²) in [5.74, 6) is 1.50. The second-order valence-corrected chi connectivity index (χ2v) is 5.89. The van der Waals surface area contributed by atoms with E-state index in [2.05, 4.69) is 26.8 Å². The minimum Gasteiger partial charge on any atom is -0.493 e. The van der Waals surface area contributed by atoms with E-state index < -0.39 is 6.10 Å². The fraction of sp³-hybridized carbons (Fsp3) is 0.625. The Morgan fingerprint density at radius 1 is 1.21 bits per heavy atom. The molecule has 2 heterocycles. The molecule has 1 fully saturated rings. The molecule has 5 atom stereocenters. The van der Waals surface area contributed by atoms with Gasteiger partial charge < -0.3 is 14.6 Å². The van der Waals surface area contributed by atoms with Crippen molar-refractivity contribution in [1.82, 2.24) is 0 Å². The van der Waals surface area contributed by atoms with Gasteiger partial charge in [0, 0.05) is 12.3 Å². The normalized spacial score (nSPS) is 34.9. The Morgan fingerprint density at radius 3 is 2.68 bits per heavy atom. The van der Waals surface area contributed by atoms with E-state index in [-0.39, 0.29) is 18.1 Å². The van der Waals surface area contributed by atoms with Gasteiger partial charge in [-0.3, -0.25) is 0 Å². The van der Waals surface area contributed by atoms with Crippen molar-refractivity contribution in [3.63, 3.8) is 0 Å². The summed E-state index contributed by atoms with van der Waals surface area (Å²) < 4.78 is 11.3. The van der Waals surface area contributed by atoms with Crippen LogP contribution in [0.2, 0.25) is 0 Å². The van der Waals surface area contributed by atoms with Crippen LogP contribution in [0.15, 0.2) is 18.2 Å². The van der Waals surface area contributed by atoms with Gasteiger partial charge in [0.2, 0.25) is 0 Å². The first-order valence-electron chi connectivity index (χ1n) is 7.17. The summed E-state index contributed by atoms with van der Waals surface area (Å²) in [6, 6.07) is 6.06. The quantitative estimate of drug-likeness (QED) is 0.890. The van der Waals surface area contributed by atoms with E-state index in [1.807, 2.05) is 12.1 Å². The Labute approximate surface area is 114 Å². The van der Waals surface area contributed by atoms with Crippen LogP contribution in [0.5, 0.6) is 5.75 Å². The van der Waals surface area contributed by atoms with Gasteiger partial charge in [-0.1, -0.05) is 13.0 Å². The van der Waals surface area contributed by atoms with Crippen molar-refractivity contribution in [3.8, 4) is 5.75 Å². The highest BCUT2D eigenvalue weighted by molar-refractivity contribution is 5.40. The average Bonchev–Trinajstić information content (AvgIpc) is 2.94. The highest BCUT2D eigenvalue weighted by Crippen LogP contribution is 2.41. The lowest BCUT2D eigenvalue weighted by molar-refractivity contribution is 0.0231. The highest BCUT2D eigenvalue weighted by atomic mass is 16.5. The standard InChI is InChI=1S/C16H22O3/c1-9-10(2)19-11(3)15(9)16(17)13-4-5-14-12(8-13)6-7-18-14/h4-5,8-11,15-17H,6-7H2,1-3H3. The number of aliphatic hydroxyl groups is 1. The molecule has 3 rings (SSSR count). The summed E-state index contributed by atoms with van der Waals surface area (Å²) in [6.07, 6.45) is 0.802. The van der Waals surface area contributed by atoms with Gasteiger partial charge in [-0.25, -0.2) is 0 Å². The summed E-state index contributed by atoms with van der Waals surface area (Å²) in [5.41, 5.74) is 2.20. The molecular formula is C16H22O3. The van der Waals surface area contributed by atoms with Crippen molar-refractivity contribution >= 4 is 0 Å². The minimum atomic E-state index is -0.458. The van der Waals surface area contributed by atoms with Crippen molar-refractivity contribution in [2.24, 2.45) is 11.8 Å². The van der Waals surface area contributed by atoms with Crippen LogP contribution in [0, 0.1) is 11.8 Å². The maximum atomic E-state index is 10.7. The Morgan fingerprint density at radius 2 is 2.00 bits per heavy atom. The third-order valence-corrected chi connectivity index (χ3v) is 4.74. The first-order valence-corrected chi connectivity index (χ1v) is 7.17. The van der Waals surface area contributed by atoms with Crippen LogP contribution in [0.25, 0.3) is 0 Å². The fourth-order valence-corrected chi connectivity index (χ4v) is 3.45. The molecule has 19 heavy (non-hydrogen) atoms. The van der Waals surface area contributed by atoms with Gasteiger partial charge in [0.15, 0.2) is 0 Å². The number of aliphatic hydroxyl groups excluding tert-OH is 1. The molecule has 3 heteroatoms. The van der Waals surface area contributed by atoms with Crippen LogP contribution in [0.4, 0.5) is 0 Å². The van der Waals surface area contributed by atoms with Crippen molar-refractivity contribution in [3.05, 3.63) is 29.3 Å². The van der Waals surface area contributed by atoms with Gasteiger partial charge in [-0.2, -0.15) is 0 Å². The SMILES string of the molecule is CC1OC(C)C(C(O)c2ccc3c(c2)CCO3)C1C. The molecule has 3 nitrogen and oxygen atoms in total. The lowest BCUT2D eigenvalue weighted by Gasteiger charge is -2.25. The molecule has 0 saturated carbocycles. The maximum Gasteiger partial charge on any atom is 0.122 e. The zero-order chi connectivity index (χ0) is 13.6. The summed E-state index contributed by atoms with van der Waals surface area (Å²) in [5, 5.41) is 10.7. The monoisotopic (exact) mass is 262 g/mol. The third-order valence-electron chi connectivity index (χ3n) is 4.74. The molecule has 0 aromatic heterocycles. The molecule has 0 amide bonds. The van der Waals surface area contributed by atoms with Gasteiger partial charge in [0.05, 0.1) is 24.9 Å². The number of hydrogen-bond donors (Lipinski definition) is 1. The minimum absolute atomic E-state index is 0.101. The molecule has 1 aromatic rings. The Hall–Kier alpha value is -1.06. The molecule has 1 N–H and O–H groups in total. The Balaban J connectivity index is 1.85. The topological polar surface area (TPSA) is 38.7 Å². The summed E-state index contributed by atoms with van der Waals surface area (Å²) in [4.78, 5) is 0. The van der Waals surface area contributed by atoms with Crippen LogP contribution in [-0.4, -0.2) is 23.9 Å². The summed E-state index contributed by atoms with van der Waals surface area (Å²) in [6.45, 7) is 7.07. The number of benzene rings is 1. The molecule has 2 aliphatic rings. The molecule has 2 aliphatic heterocycles. The van der Waals surface area contributed by atoms with Gasteiger partial charge >= 0.3 is 0 Å². The van der Waals surface area contributed by atoms with Crippen molar-refractivity contribution < 1.29 is 14.6 Å². The smallest absolute Gasteiger partial charge is 0.122 e. The maximum absolute atomic E-state index is 10.7. The Kier molecular flexibility index (Phi) is 3.27. The van der Waals surface area contributed by atoms with Gasteiger partial charge in [-0.05, 0) is 43.0 Å². The average molecular weight is 262 g/mol. The number of rotatable bonds is 2. The largest absolute Gasteiger partial charge is 0.493 e. The van der Waals surface area contributed by atoms with E-state index in [1.54, 1.807) is 0 Å². The van der Waals surface area contributed by atoms with Crippen LogP contribution >= 0.6 is 0 Å². The van der Waals surface area contributed by atoms with Crippen LogP contribution < -0.4 is 4.74 Å². The van der Waals surface area contributed by atoms with Gasteiger partial charge in [0.25, 0.3) is 0 Å². The molecule has 104 valence electrons. The van der Waals surface area contributed by atoms with E-state index >= 15 is 0 Å². The molecular weight excluding hydrogens is 240 g/mol. The molecule has 0 aliphatic carbocycles. The highest BCUT2D eigenvalue weighted by Gasteiger charge is 2.41. The van der Waals surface area contributed by atoms with E-state index in [9.17, 15) is 5.11 Å². The third kappa shape index (κ3) is 2.15. The van der Waals surface area contributed by atoms with Crippen LogP contribution in [-0.2, 0) is 11.2 Å². The second-order valence-electron chi connectivity index (χ2n) is 5.89. The number of fused-ring (bicyclic) bond motifs is 1. The van der Waals surface area contributed by atoms with Crippen molar-refractivity contribution in [1.29, 1.82) is 0 Å². The molecule has 1 saturated heterocycles. The van der Waals surface area contributed by atoms with Gasteiger partial charge in [-0.15, -0.1) is 0 Å². The predicted octanol–water partition coefficient (Wildman–Crippen LogP) is 2.71. The lowest BCUT2D eigenvalue weighted by atomic mass is 9.82. The molecule has 0 bridgehead atoms.